The molecule has 1 aromatic heterocycles. The summed E-state index contributed by atoms with van der Waals surface area (Å²) in [6, 6.07) is 7.59. The van der Waals surface area contributed by atoms with Crippen LogP contribution < -0.4 is 15.8 Å². The van der Waals surface area contributed by atoms with Gasteiger partial charge in [0.05, 0.1) is 37.5 Å². The molecule has 2 aliphatic rings. The molecule has 1 amide bonds. The highest BCUT2D eigenvalue weighted by atomic mass is 16.5. The lowest BCUT2D eigenvalue weighted by Crippen LogP contribution is -2.41. The molecule has 0 spiro atoms. The number of benzene rings is 1. The molecular formula is C22H31N5O4. The van der Waals surface area contributed by atoms with Crippen molar-refractivity contribution >= 4 is 22.8 Å². The zero-order valence-electron chi connectivity index (χ0n) is 17.9. The Morgan fingerprint density at radius 2 is 1.71 bits per heavy atom. The maximum absolute atomic E-state index is 13.2. The fourth-order valence-electron chi connectivity index (χ4n) is 4.04. The summed E-state index contributed by atoms with van der Waals surface area (Å²) in [6.07, 6.45) is 1.17. The van der Waals surface area contributed by atoms with Gasteiger partial charge in [-0.25, -0.2) is 4.98 Å². The van der Waals surface area contributed by atoms with E-state index in [9.17, 15) is 9.59 Å². The summed E-state index contributed by atoms with van der Waals surface area (Å²) in [6.45, 7) is 7.86. The van der Waals surface area contributed by atoms with E-state index in [1.54, 1.807) is 4.57 Å². The molecule has 1 N–H and O–H groups in total. The van der Waals surface area contributed by atoms with Gasteiger partial charge in [0.15, 0.2) is 5.82 Å². The summed E-state index contributed by atoms with van der Waals surface area (Å²) in [5.41, 5.74) is 1.36. The summed E-state index contributed by atoms with van der Waals surface area (Å²) < 4.78 is 12.4. The number of nitrogens with zero attached hydrogens (tertiary/aromatic N) is 4. The van der Waals surface area contributed by atoms with E-state index in [1.807, 2.05) is 29.2 Å². The van der Waals surface area contributed by atoms with Crippen LogP contribution in [0.4, 0.5) is 5.82 Å². The number of carbonyl (C=O) groups excluding carboxylic acids is 1. The average molecular weight is 430 g/mol. The second kappa shape index (κ2) is 10.7. The van der Waals surface area contributed by atoms with Crippen molar-refractivity contribution in [1.82, 2.24) is 19.8 Å². The van der Waals surface area contributed by atoms with E-state index in [0.29, 0.717) is 45.2 Å². The first-order valence-electron chi connectivity index (χ1n) is 11.1. The molecule has 9 heteroatoms. The van der Waals surface area contributed by atoms with E-state index in [1.165, 1.54) is 0 Å². The molecule has 0 aliphatic carbocycles. The van der Waals surface area contributed by atoms with Gasteiger partial charge in [-0.2, -0.15) is 0 Å². The second-order valence-corrected chi connectivity index (χ2v) is 7.89. The Hall–Kier alpha value is -2.49. The van der Waals surface area contributed by atoms with E-state index >= 15 is 0 Å². The first-order chi connectivity index (χ1) is 15.2. The van der Waals surface area contributed by atoms with Gasteiger partial charge in [0, 0.05) is 45.7 Å². The minimum Gasteiger partial charge on any atom is -0.379 e. The number of ether oxygens (including phenoxy) is 2. The lowest BCUT2D eigenvalue weighted by atomic mass is 10.2. The zero-order valence-corrected chi connectivity index (χ0v) is 17.9. The smallest absolute Gasteiger partial charge is 0.294 e. The predicted molar refractivity (Wildman–Crippen MR) is 119 cm³/mol. The van der Waals surface area contributed by atoms with Gasteiger partial charge in [0.25, 0.3) is 5.56 Å². The fraction of sp³-hybridized carbons (Fsp3) is 0.591. The number of aryl methyl sites for hydroxylation is 1. The van der Waals surface area contributed by atoms with Gasteiger partial charge in [-0.15, -0.1) is 0 Å². The molecule has 168 valence electrons. The summed E-state index contributed by atoms with van der Waals surface area (Å²) in [5, 5.41) is 2.98. The van der Waals surface area contributed by atoms with Crippen molar-refractivity contribution in [2.45, 2.75) is 19.4 Å². The molecule has 0 radical (unpaired) electrons. The van der Waals surface area contributed by atoms with Crippen molar-refractivity contribution < 1.29 is 14.3 Å². The van der Waals surface area contributed by atoms with Crippen molar-refractivity contribution in [3.05, 3.63) is 34.6 Å². The Morgan fingerprint density at radius 1 is 1.00 bits per heavy atom. The normalized spacial score (nSPS) is 17.7. The molecule has 0 atom stereocenters. The highest BCUT2D eigenvalue weighted by Gasteiger charge is 2.19. The van der Waals surface area contributed by atoms with Crippen molar-refractivity contribution in [2.75, 3.05) is 70.6 Å². The quantitative estimate of drug-likeness (QED) is 0.610. The Balaban J connectivity index is 1.37. The molecule has 3 heterocycles. The number of aromatic nitrogens is 2. The number of carbonyl (C=O) groups is 1. The Morgan fingerprint density at radius 3 is 2.48 bits per heavy atom. The van der Waals surface area contributed by atoms with Crippen LogP contribution in [0.15, 0.2) is 29.1 Å². The molecule has 2 saturated heterocycles. The van der Waals surface area contributed by atoms with Crippen LogP contribution in [0.25, 0.3) is 11.0 Å². The van der Waals surface area contributed by atoms with E-state index < -0.39 is 0 Å². The summed E-state index contributed by atoms with van der Waals surface area (Å²) in [7, 11) is 0. The molecular weight excluding hydrogens is 398 g/mol. The number of hydrogen-bond acceptors (Lipinski definition) is 7. The van der Waals surface area contributed by atoms with E-state index in [-0.39, 0.29) is 17.9 Å². The molecule has 1 aromatic carbocycles. The van der Waals surface area contributed by atoms with E-state index in [0.717, 1.165) is 50.3 Å². The van der Waals surface area contributed by atoms with Crippen LogP contribution in [0, 0.1) is 0 Å². The highest BCUT2D eigenvalue weighted by Crippen LogP contribution is 2.15. The van der Waals surface area contributed by atoms with Gasteiger partial charge < -0.3 is 24.3 Å². The van der Waals surface area contributed by atoms with Gasteiger partial charge in [0.1, 0.15) is 0 Å². The van der Waals surface area contributed by atoms with E-state index in [2.05, 4.69) is 15.2 Å². The zero-order chi connectivity index (χ0) is 21.5. The maximum Gasteiger partial charge on any atom is 0.294 e. The van der Waals surface area contributed by atoms with Crippen molar-refractivity contribution in [3.63, 3.8) is 0 Å². The standard InChI is InChI=1S/C22H31N5O4/c28-20(23-7-3-8-25-10-14-30-15-11-25)6-9-27-19-5-2-1-4-18(19)24-21(22(27)29)26-12-16-31-17-13-26/h1-2,4-5H,3,6-17H2,(H,23,28). The van der Waals surface area contributed by atoms with Crippen LogP contribution in [0.2, 0.25) is 0 Å². The molecule has 0 saturated carbocycles. The summed E-state index contributed by atoms with van der Waals surface area (Å²) >= 11 is 0. The predicted octanol–water partition coefficient (Wildman–Crippen LogP) is 0.462. The molecule has 4 rings (SSSR count). The van der Waals surface area contributed by atoms with Crippen LogP contribution >= 0.6 is 0 Å². The Kier molecular flexibility index (Phi) is 7.50. The highest BCUT2D eigenvalue weighted by molar-refractivity contribution is 5.78. The van der Waals surface area contributed by atoms with Gasteiger partial charge in [0.2, 0.25) is 5.91 Å². The number of anilines is 1. The van der Waals surface area contributed by atoms with Crippen LogP contribution in [0.5, 0.6) is 0 Å². The summed E-state index contributed by atoms with van der Waals surface area (Å²) in [4.78, 5) is 34.5. The molecule has 0 bridgehead atoms. The van der Waals surface area contributed by atoms with Crippen LogP contribution in [0.1, 0.15) is 12.8 Å². The lowest BCUT2D eigenvalue weighted by Gasteiger charge is -2.28. The van der Waals surface area contributed by atoms with Crippen LogP contribution in [0.3, 0.4) is 0 Å². The molecule has 2 fully saturated rings. The SMILES string of the molecule is O=C(CCn1c(=O)c(N2CCOCC2)nc2ccccc21)NCCCN1CCOCC1. The monoisotopic (exact) mass is 429 g/mol. The fourth-order valence-corrected chi connectivity index (χ4v) is 4.04. The largest absolute Gasteiger partial charge is 0.379 e. The third kappa shape index (κ3) is 5.61. The van der Waals surface area contributed by atoms with Crippen molar-refractivity contribution in [2.24, 2.45) is 0 Å². The minimum absolute atomic E-state index is 0.0392. The third-order valence-corrected chi connectivity index (χ3v) is 5.79. The number of para-hydroxylation sites is 2. The summed E-state index contributed by atoms with van der Waals surface area (Å²) in [5.74, 6) is 0.399. The van der Waals surface area contributed by atoms with Crippen molar-refractivity contribution in [3.8, 4) is 0 Å². The van der Waals surface area contributed by atoms with Gasteiger partial charge in [-0.1, -0.05) is 12.1 Å². The Bertz CT molecular complexity index is 935. The number of nitrogens with one attached hydrogen (secondary N) is 1. The van der Waals surface area contributed by atoms with Gasteiger partial charge in [-0.05, 0) is 25.1 Å². The third-order valence-electron chi connectivity index (χ3n) is 5.79. The number of morpholine rings is 2. The topological polar surface area (TPSA) is 88.9 Å². The minimum atomic E-state index is -0.152. The first kappa shape index (κ1) is 21.7. The Labute approximate surface area is 181 Å². The molecule has 2 aromatic rings. The number of fused-ring (bicyclic) bond motifs is 1. The van der Waals surface area contributed by atoms with Crippen molar-refractivity contribution in [1.29, 1.82) is 0 Å². The lowest BCUT2D eigenvalue weighted by molar-refractivity contribution is -0.121. The van der Waals surface area contributed by atoms with Gasteiger partial charge >= 0.3 is 0 Å². The number of amides is 1. The number of rotatable bonds is 8. The second-order valence-electron chi connectivity index (χ2n) is 7.89. The average Bonchev–Trinajstić information content (AvgIpc) is 2.82. The van der Waals surface area contributed by atoms with Gasteiger partial charge in [-0.3, -0.25) is 14.5 Å². The first-order valence-corrected chi connectivity index (χ1v) is 11.1. The molecule has 9 nitrogen and oxygen atoms in total. The maximum atomic E-state index is 13.2. The van der Waals surface area contributed by atoms with Crippen LogP contribution in [-0.2, 0) is 20.8 Å². The molecule has 31 heavy (non-hydrogen) atoms. The number of hydrogen-bond donors (Lipinski definition) is 1. The molecule has 0 unspecified atom stereocenters. The van der Waals surface area contributed by atoms with E-state index in [4.69, 9.17) is 9.47 Å². The molecule has 2 aliphatic heterocycles. The van der Waals surface area contributed by atoms with Crippen LogP contribution in [-0.4, -0.2) is 86.1 Å².